The number of carbonyl (C=O) groups is 1. The summed E-state index contributed by atoms with van der Waals surface area (Å²) in [6.45, 7) is 0.787. The van der Waals surface area contributed by atoms with E-state index in [9.17, 15) is 9.18 Å². The molecule has 1 fully saturated rings. The minimum Gasteiger partial charge on any atom is -0.347 e. The molecule has 0 aliphatic carbocycles. The van der Waals surface area contributed by atoms with Gasteiger partial charge in [-0.2, -0.15) is 0 Å². The summed E-state index contributed by atoms with van der Waals surface area (Å²) >= 11 is 1.53. The lowest BCUT2D eigenvalue weighted by Gasteiger charge is -2.27. The molecule has 1 atom stereocenters. The van der Waals surface area contributed by atoms with Crippen molar-refractivity contribution in [2.45, 2.75) is 18.9 Å². The van der Waals surface area contributed by atoms with Crippen LogP contribution in [-0.4, -0.2) is 47.5 Å². The van der Waals surface area contributed by atoms with Gasteiger partial charge in [-0.05, 0) is 30.5 Å². The molecule has 0 unspecified atom stereocenters. The van der Waals surface area contributed by atoms with Gasteiger partial charge in [0, 0.05) is 31.6 Å². The fraction of sp³-hybridized carbons (Fsp3) is 0.316. The van der Waals surface area contributed by atoms with Crippen molar-refractivity contribution in [1.29, 1.82) is 0 Å². The van der Waals surface area contributed by atoms with E-state index in [0.717, 1.165) is 46.5 Å². The Hall–Kier alpha value is -2.54. The lowest BCUT2D eigenvalue weighted by Crippen LogP contribution is -2.43. The van der Waals surface area contributed by atoms with Crippen molar-refractivity contribution in [2.24, 2.45) is 0 Å². The van der Waals surface area contributed by atoms with E-state index in [1.807, 2.05) is 5.38 Å². The molecule has 7 heteroatoms. The Morgan fingerprint density at radius 1 is 1.27 bits per heavy atom. The van der Waals surface area contributed by atoms with E-state index >= 15 is 0 Å². The third-order valence-corrected chi connectivity index (χ3v) is 5.64. The van der Waals surface area contributed by atoms with Crippen molar-refractivity contribution >= 4 is 33.3 Å². The predicted molar refractivity (Wildman–Crippen MR) is 102 cm³/mol. The normalized spacial score (nSPS) is 17.0. The second-order valence-corrected chi connectivity index (χ2v) is 7.48. The summed E-state index contributed by atoms with van der Waals surface area (Å²) in [5, 5.41) is 2.96. The van der Waals surface area contributed by atoms with Crippen molar-refractivity contribution < 1.29 is 9.18 Å². The monoisotopic (exact) mass is 370 g/mol. The SMILES string of the molecule is CN(C)C(=O)[C@@H]1CCCN1c1ncnc2scc(-c3ccc(F)cc3)c12. The van der Waals surface area contributed by atoms with Gasteiger partial charge in [-0.25, -0.2) is 14.4 Å². The molecular formula is C19H19FN4OS. The number of hydrogen-bond donors (Lipinski definition) is 0. The minimum atomic E-state index is -0.263. The van der Waals surface area contributed by atoms with Gasteiger partial charge >= 0.3 is 0 Å². The maximum atomic E-state index is 13.3. The second-order valence-electron chi connectivity index (χ2n) is 6.62. The quantitative estimate of drug-likeness (QED) is 0.707. The van der Waals surface area contributed by atoms with Gasteiger partial charge in [-0.3, -0.25) is 4.79 Å². The number of rotatable bonds is 3. The van der Waals surface area contributed by atoms with Crippen LogP contribution in [0.15, 0.2) is 36.0 Å². The average Bonchev–Trinajstić information content (AvgIpc) is 3.28. The highest BCUT2D eigenvalue weighted by Crippen LogP contribution is 2.39. The zero-order chi connectivity index (χ0) is 18.3. The molecule has 1 saturated heterocycles. The van der Waals surface area contributed by atoms with E-state index in [-0.39, 0.29) is 17.8 Å². The molecule has 0 N–H and O–H groups in total. The Bertz CT molecular complexity index is 954. The van der Waals surface area contributed by atoms with Gasteiger partial charge in [0.15, 0.2) is 0 Å². The number of benzene rings is 1. The highest BCUT2D eigenvalue weighted by atomic mass is 32.1. The molecule has 1 amide bonds. The summed E-state index contributed by atoms with van der Waals surface area (Å²) in [5.74, 6) is 0.613. The largest absolute Gasteiger partial charge is 0.347 e. The Morgan fingerprint density at radius 2 is 2.04 bits per heavy atom. The summed E-state index contributed by atoms with van der Waals surface area (Å²) in [6.07, 6.45) is 3.32. The summed E-state index contributed by atoms with van der Waals surface area (Å²) in [4.78, 5) is 26.1. The Balaban J connectivity index is 1.84. The minimum absolute atomic E-state index is 0.0906. The van der Waals surface area contributed by atoms with Gasteiger partial charge in [0.2, 0.25) is 5.91 Å². The predicted octanol–water partition coefficient (Wildman–Crippen LogP) is 3.55. The van der Waals surface area contributed by atoms with Crippen LogP contribution < -0.4 is 4.90 Å². The van der Waals surface area contributed by atoms with Crippen molar-refractivity contribution in [2.75, 3.05) is 25.5 Å². The number of halogens is 1. The van der Waals surface area contributed by atoms with Crippen LogP contribution in [0.4, 0.5) is 10.2 Å². The molecule has 0 saturated carbocycles. The van der Waals surface area contributed by atoms with Gasteiger partial charge in [0.1, 0.15) is 28.8 Å². The van der Waals surface area contributed by atoms with Crippen LogP contribution >= 0.6 is 11.3 Å². The highest BCUT2D eigenvalue weighted by molar-refractivity contribution is 7.17. The standard InChI is InChI=1S/C19H19FN4OS/c1-23(2)19(25)15-4-3-9-24(15)17-16-14(10-26-18(16)22-11-21-17)12-5-7-13(20)8-6-12/h5-8,10-11,15H,3-4,9H2,1-2H3/t15-/m0/s1. The van der Waals surface area contributed by atoms with Crippen molar-refractivity contribution in [1.82, 2.24) is 14.9 Å². The van der Waals surface area contributed by atoms with E-state index in [1.54, 1.807) is 37.5 Å². The van der Waals surface area contributed by atoms with Gasteiger partial charge in [-0.1, -0.05) is 12.1 Å². The molecule has 3 aromatic rings. The summed E-state index contributed by atoms with van der Waals surface area (Å²) in [5.41, 5.74) is 1.90. The van der Waals surface area contributed by atoms with Crippen molar-refractivity contribution in [3.05, 3.63) is 41.8 Å². The Kier molecular flexibility index (Phi) is 4.32. The Labute approximate surface area is 155 Å². The number of thiophene rings is 1. The van der Waals surface area contributed by atoms with Crippen LogP contribution in [0.25, 0.3) is 21.3 Å². The molecule has 1 aromatic carbocycles. The number of likely N-dealkylation sites (N-methyl/N-ethyl adjacent to an activating group) is 1. The number of anilines is 1. The van der Waals surface area contributed by atoms with Crippen molar-refractivity contribution in [3.8, 4) is 11.1 Å². The average molecular weight is 370 g/mol. The number of aromatic nitrogens is 2. The zero-order valence-electron chi connectivity index (χ0n) is 14.6. The molecule has 1 aliphatic heterocycles. The first-order valence-electron chi connectivity index (χ1n) is 8.52. The number of nitrogens with zero attached hydrogens (tertiary/aromatic N) is 4. The summed E-state index contributed by atoms with van der Waals surface area (Å²) < 4.78 is 13.3. The first kappa shape index (κ1) is 16.9. The van der Waals surface area contributed by atoms with Gasteiger partial charge in [0.25, 0.3) is 0 Å². The topological polar surface area (TPSA) is 49.3 Å². The third-order valence-electron chi connectivity index (χ3n) is 4.76. The van der Waals surface area contributed by atoms with E-state index < -0.39 is 0 Å². The van der Waals surface area contributed by atoms with E-state index in [1.165, 1.54) is 23.5 Å². The third kappa shape index (κ3) is 2.82. The Morgan fingerprint density at radius 3 is 2.77 bits per heavy atom. The van der Waals surface area contributed by atoms with Gasteiger partial charge in [-0.15, -0.1) is 11.3 Å². The lowest BCUT2D eigenvalue weighted by atomic mass is 10.1. The smallest absolute Gasteiger partial charge is 0.244 e. The molecule has 0 bridgehead atoms. The van der Waals surface area contributed by atoms with E-state index in [2.05, 4.69) is 14.9 Å². The maximum Gasteiger partial charge on any atom is 0.244 e. The number of amides is 1. The number of hydrogen-bond acceptors (Lipinski definition) is 5. The lowest BCUT2D eigenvalue weighted by molar-refractivity contribution is -0.129. The number of carbonyl (C=O) groups excluding carboxylic acids is 1. The molecule has 5 nitrogen and oxygen atoms in total. The first-order valence-corrected chi connectivity index (χ1v) is 9.40. The van der Waals surface area contributed by atoms with Gasteiger partial charge in [0.05, 0.1) is 5.39 Å². The first-order chi connectivity index (χ1) is 12.6. The maximum absolute atomic E-state index is 13.3. The van der Waals surface area contributed by atoms with Crippen LogP contribution in [0.3, 0.4) is 0 Å². The molecule has 0 radical (unpaired) electrons. The highest BCUT2D eigenvalue weighted by Gasteiger charge is 2.34. The van der Waals surface area contributed by atoms with Crippen LogP contribution in [0.1, 0.15) is 12.8 Å². The molecule has 2 aromatic heterocycles. The molecule has 134 valence electrons. The van der Waals surface area contributed by atoms with Crippen LogP contribution in [0.5, 0.6) is 0 Å². The van der Waals surface area contributed by atoms with Crippen molar-refractivity contribution in [3.63, 3.8) is 0 Å². The fourth-order valence-electron chi connectivity index (χ4n) is 3.49. The second kappa shape index (κ2) is 6.64. The molecular weight excluding hydrogens is 351 g/mol. The number of fused-ring (bicyclic) bond motifs is 1. The van der Waals surface area contributed by atoms with Crippen LogP contribution in [0.2, 0.25) is 0 Å². The van der Waals surface area contributed by atoms with Gasteiger partial charge < -0.3 is 9.80 Å². The zero-order valence-corrected chi connectivity index (χ0v) is 15.5. The summed E-state index contributed by atoms with van der Waals surface area (Å²) in [7, 11) is 3.56. The van der Waals surface area contributed by atoms with E-state index in [4.69, 9.17) is 0 Å². The van der Waals surface area contributed by atoms with E-state index in [0.29, 0.717) is 0 Å². The molecule has 3 heterocycles. The van der Waals surface area contributed by atoms with Crippen LogP contribution in [-0.2, 0) is 4.79 Å². The molecule has 4 rings (SSSR count). The molecule has 0 spiro atoms. The van der Waals surface area contributed by atoms with Crippen LogP contribution in [0, 0.1) is 5.82 Å². The molecule has 26 heavy (non-hydrogen) atoms. The fourth-order valence-corrected chi connectivity index (χ4v) is 4.40. The molecule has 1 aliphatic rings. The summed E-state index contributed by atoms with van der Waals surface area (Å²) in [6, 6.07) is 6.23.